The molecule has 0 aliphatic rings. The quantitative estimate of drug-likeness (QED) is 0.358. The van der Waals surface area contributed by atoms with Crippen LogP contribution in [0.15, 0.2) is 50.4 Å². The molecule has 108 valence electrons. The minimum absolute atomic E-state index is 0.123. The number of carbonyl (C=O) groups is 1. The molecule has 0 saturated carbocycles. The number of hydrogen-bond donors (Lipinski definition) is 2. The molecule has 0 radical (unpaired) electrons. The van der Waals surface area contributed by atoms with Gasteiger partial charge in [-0.05, 0) is 62.8 Å². The van der Waals surface area contributed by atoms with Gasteiger partial charge in [-0.3, -0.25) is 4.79 Å². The molecule has 0 spiro atoms. The topological polar surface area (TPSA) is 61.7 Å². The Labute approximate surface area is 152 Å². The fourth-order valence-electron chi connectivity index (χ4n) is 1.55. The van der Waals surface area contributed by atoms with Gasteiger partial charge in [0.25, 0.3) is 5.91 Å². The van der Waals surface area contributed by atoms with E-state index >= 15 is 0 Å². The number of amides is 1. The number of hydrazone groups is 1. The largest absolute Gasteiger partial charge is 0.506 e. The van der Waals surface area contributed by atoms with Gasteiger partial charge in [0.1, 0.15) is 5.75 Å². The fourth-order valence-corrected chi connectivity index (χ4v) is 3.57. The van der Waals surface area contributed by atoms with Crippen molar-refractivity contribution in [2.24, 2.45) is 5.10 Å². The Morgan fingerprint density at radius 2 is 2.00 bits per heavy atom. The summed E-state index contributed by atoms with van der Waals surface area (Å²) in [6, 6.07) is 10.6. The number of phenolic OH excluding ortho intramolecular Hbond substituents is 1. The second-order valence-corrected chi connectivity index (χ2v) is 6.94. The average molecular weight is 524 g/mol. The summed E-state index contributed by atoms with van der Waals surface area (Å²) < 4.78 is 2.21. The Morgan fingerprint density at radius 3 is 2.71 bits per heavy atom. The average Bonchev–Trinajstić information content (AvgIpc) is 2.44. The van der Waals surface area contributed by atoms with Crippen LogP contribution >= 0.6 is 54.5 Å². The molecule has 0 unspecified atom stereocenters. The van der Waals surface area contributed by atoms with Gasteiger partial charge in [0, 0.05) is 14.5 Å². The highest BCUT2D eigenvalue weighted by Gasteiger charge is 2.08. The maximum Gasteiger partial charge on any atom is 0.272 e. The zero-order valence-electron chi connectivity index (χ0n) is 10.5. The highest BCUT2D eigenvalue weighted by Crippen LogP contribution is 2.27. The van der Waals surface area contributed by atoms with Crippen molar-refractivity contribution in [1.29, 1.82) is 0 Å². The highest BCUT2D eigenvalue weighted by molar-refractivity contribution is 14.1. The van der Waals surface area contributed by atoms with Crippen molar-refractivity contribution in [3.05, 3.63) is 60.0 Å². The lowest BCUT2D eigenvalue weighted by molar-refractivity contribution is 0.0954. The molecular formula is C14H9Br2IN2O2. The van der Waals surface area contributed by atoms with Crippen LogP contribution in [0.1, 0.15) is 15.9 Å². The van der Waals surface area contributed by atoms with Crippen LogP contribution in [0.4, 0.5) is 0 Å². The van der Waals surface area contributed by atoms with Crippen LogP contribution in [-0.4, -0.2) is 17.2 Å². The molecule has 2 N–H and O–H groups in total. The van der Waals surface area contributed by atoms with E-state index in [2.05, 4.69) is 42.4 Å². The lowest BCUT2D eigenvalue weighted by Crippen LogP contribution is -2.18. The first-order valence-electron chi connectivity index (χ1n) is 5.75. The summed E-state index contributed by atoms with van der Waals surface area (Å²) in [6.07, 6.45) is 1.40. The molecule has 2 aromatic carbocycles. The van der Waals surface area contributed by atoms with E-state index in [1.807, 2.05) is 28.7 Å². The van der Waals surface area contributed by atoms with Gasteiger partial charge in [-0.15, -0.1) is 0 Å². The molecule has 0 atom stereocenters. The zero-order chi connectivity index (χ0) is 15.4. The number of phenols is 1. The van der Waals surface area contributed by atoms with E-state index in [-0.39, 0.29) is 11.7 Å². The van der Waals surface area contributed by atoms with Gasteiger partial charge in [0.15, 0.2) is 0 Å². The molecule has 1 amide bonds. The normalized spacial score (nSPS) is 10.8. The number of benzene rings is 2. The van der Waals surface area contributed by atoms with E-state index in [1.165, 1.54) is 6.21 Å². The molecule has 0 heterocycles. The number of hydrogen-bond acceptors (Lipinski definition) is 3. The Kier molecular flexibility index (Phi) is 5.77. The summed E-state index contributed by atoms with van der Waals surface area (Å²) in [5.74, 6) is -0.208. The summed E-state index contributed by atoms with van der Waals surface area (Å²) >= 11 is 8.67. The van der Waals surface area contributed by atoms with Gasteiger partial charge in [-0.1, -0.05) is 28.1 Å². The van der Waals surface area contributed by atoms with Crippen molar-refractivity contribution in [3.63, 3.8) is 0 Å². The minimum Gasteiger partial charge on any atom is -0.506 e. The van der Waals surface area contributed by atoms with E-state index < -0.39 is 0 Å². The van der Waals surface area contributed by atoms with Crippen molar-refractivity contribution in [2.45, 2.75) is 0 Å². The molecule has 0 aromatic heterocycles. The monoisotopic (exact) mass is 522 g/mol. The van der Waals surface area contributed by atoms with E-state index in [1.54, 1.807) is 30.3 Å². The minimum atomic E-state index is -0.331. The Balaban J connectivity index is 2.13. The van der Waals surface area contributed by atoms with Crippen LogP contribution in [0.3, 0.4) is 0 Å². The summed E-state index contributed by atoms with van der Waals surface area (Å²) in [4.78, 5) is 11.9. The summed E-state index contributed by atoms with van der Waals surface area (Å²) in [7, 11) is 0. The summed E-state index contributed by atoms with van der Waals surface area (Å²) in [6.45, 7) is 0. The molecule has 0 saturated heterocycles. The molecule has 7 heteroatoms. The lowest BCUT2D eigenvalue weighted by Gasteiger charge is -2.04. The van der Waals surface area contributed by atoms with Gasteiger partial charge < -0.3 is 5.11 Å². The molecular weight excluding hydrogens is 515 g/mol. The van der Waals surface area contributed by atoms with Crippen LogP contribution in [-0.2, 0) is 0 Å². The second kappa shape index (κ2) is 7.37. The van der Waals surface area contributed by atoms with E-state index in [4.69, 9.17) is 0 Å². The van der Waals surface area contributed by atoms with Gasteiger partial charge >= 0.3 is 0 Å². The molecule has 2 aromatic rings. The van der Waals surface area contributed by atoms with Crippen LogP contribution < -0.4 is 5.43 Å². The second-order valence-electron chi connectivity index (χ2n) is 4.00. The van der Waals surface area contributed by atoms with Crippen molar-refractivity contribution in [1.82, 2.24) is 5.43 Å². The Morgan fingerprint density at radius 1 is 1.29 bits per heavy atom. The van der Waals surface area contributed by atoms with Crippen LogP contribution in [0.25, 0.3) is 0 Å². The van der Waals surface area contributed by atoms with Crippen molar-refractivity contribution in [3.8, 4) is 5.75 Å². The number of nitrogens with one attached hydrogen (secondary N) is 1. The van der Waals surface area contributed by atoms with Crippen LogP contribution in [0.5, 0.6) is 5.75 Å². The van der Waals surface area contributed by atoms with Gasteiger partial charge in [0.05, 0.1) is 15.3 Å². The first-order valence-corrected chi connectivity index (χ1v) is 8.41. The molecule has 21 heavy (non-hydrogen) atoms. The SMILES string of the molecule is O=C(NN=Cc1cc(Br)cc(I)c1O)c1ccccc1Br. The lowest BCUT2D eigenvalue weighted by atomic mass is 10.2. The first-order chi connectivity index (χ1) is 9.99. The van der Waals surface area contributed by atoms with Gasteiger partial charge in [-0.2, -0.15) is 5.10 Å². The van der Waals surface area contributed by atoms with Gasteiger partial charge in [-0.25, -0.2) is 5.43 Å². The standard InChI is InChI=1S/C14H9Br2IN2O2/c15-9-5-8(13(20)12(17)6-9)7-18-19-14(21)10-3-1-2-4-11(10)16/h1-7,20H,(H,19,21). The Hall–Kier alpha value is -0.930. The molecule has 0 fully saturated rings. The smallest absolute Gasteiger partial charge is 0.272 e. The van der Waals surface area contributed by atoms with E-state index in [0.29, 0.717) is 19.2 Å². The third-order valence-electron chi connectivity index (χ3n) is 2.55. The maximum absolute atomic E-state index is 11.9. The number of carbonyl (C=O) groups excluding carboxylic acids is 1. The molecule has 0 bridgehead atoms. The van der Waals surface area contributed by atoms with Gasteiger partial charge in [0.2, 0.25) is 0 Å². The fraction of sp³-hybridized carbons (Fsp3) is 0. The van der Waals surface area contributed by atoms with E-state index in [0.717, 1.165) is 4.47 Å². The zero-order valence-corrected chi connectivity index (χ0v) is 15.8. The maximum atomic E-state index is 11.9. The number of halogens is 3. The number of aromatic hydroxyl groups is 1. The third kappa shape index (κ3) is 4.27. The molecule has 0 aliphatic carbocycles. The summed E-state index contributed by atoms with van der Waals surface area (Å²) in [5, 5.41) is 13.8. The van der Waals surface area contributed by atoms with E-state index in [9.17, 15) is 9.90 Å². The summed E-state index contributed by atoms with van der Waals surface area (Å²) in [5.41, 5.74) is 3.43. The van der Waals surface area contributed by atoms with Crippen LogP contribution in [0, 0.1) is 3.57 Å². The molecule has 0 aliphatic heterocycles. The number of rotatable bonds is 3. The van der Waals surface area contributed by atoms with Crippen molar-refractivity contribution in [2.75, 3.05) is 0 Å². The van der Waals surface area contributed by atoms with Crippen LogP contribution in [0.2, 0.25) is 0 Å². The predicted octanol–water partition coefficient (Wildman–Crippen LogP) is 4.29. The first kappa shape index (κ1) is 16.4. The molecule has 4 nitrogen and oxygen atoms in total. The number of nitrogens with zero attached hydrogens (tertiary/aromatic N) is 1. The van der Waals surface area contributed by atoms with Crippen molar-refractivity contribution >= 4 is 66.6 Å². The highest BCUT2D eigenvalue weighted by atomic mass is 127. The predicted molar refractivity (Wildman–Crippen MR) is 97.7 cm³/mol. The van der Waals surface area contributed by atoms with Crippen molar-refractivity contribution < 1.29 is 9.90 Å². The Bertz CT molecular complexity index is 720. The third-order valence-corrected chi connectivity index (χ3v) is 4.52. The molecule has 2 rings (SSSR count).